The van der Waals surface area contributed by atoms with Crippen LogP contribution in [0.3, 0.4) is 0 Å². The van der Waals surface area contributed by atoms with Gasteiger partial charge in [0.2, 0.25) is 11.8 Å². The molecule has 2 rings (SSSR count). The number of hydrogen-bond donors (Lipinski definition) is 1. The number of rotatable bonds is 5. The van der Waals surface area contributed by atoms with Crippen molar-refractivity contribution in [3.05, 3.63) is 70.8 Å². The minimum atomic E-state index is -0.548. The van der Waals surface area contributed by atoms with Crippen LogP contribution < -0.4 is 5.32 Å². The number of hydrogen-bond acceptors (Lipinski definition) is 2. The summed E-state index contributed by atoms with van der Waals surface area (Å²) in [6, 6.07) is 9.45. The maximum absolute atomic E-state index is 13.6. The first kappa shape index (κ1) is 18.6. The third kappa shape index (κ3) is 5.39. The van der Waals surface area contributed by atoms with Gasteiger partial charge in [0.05, 0.1) is 11.6 Å². The highest BCUT2D eigenvalue weighted by Gasteiger charge is 2.11. The fraction of sp³-hybridized carbons (Fsp3) is 0.111. The molecule has 0 saturated carbocycles. The minimum absolute atomic E-state index is 0.0988. The summed E-state index contributed by atoms with van der Waals surface area (Å²) in [6.45, 7) is -0.217. The SMILES string of the molecule is CN(CC(=O)Nc1ccc(F)cc1)C(=O)/C=C/c1c(F)cccc1Cl. The molecule has 0 bridgehead atoms. The van der Waals surface area contributed by atoms with Crippen LogP contribution in [-0.4, -0.2) is 30.3 Å². The summed E-state index contributed by atoms with van der Waals surface area (Å²) in [5.74, 6) is -1.90. The molecule has 130 valence electrons. The Kier molecular flexibility index (Phi) is 6.25. The number of likely N-dealkylation sites (N-methyl/N-ethyl adjacent to an activating group) is 1. The predicted octanol–water partition coefficient (Wildman–Crippen LogP) is 3.73. The second kappa shape index (κ2) is 8.39. The number of carbonyl (C=O) groups is 2. The van der Waals surface area contributed by atoms with Crippen molar-refractivity contribution in [2.24, 2.45) is 0 Å². The third-order valence-corrected chi connectivity index (χ3v) is 3.61. The van der Waals surface area contributed by atoms with Crippen molar-refractivity contribution in [3.63, 3.8) is 0 Å². The van der Waals surface area contributed by atoms with E-state index in [4.69, 9.17) is 11.6 Å². The zero-order chi connectivity index (χ0) is 18.4. The summed E-state index contributed by atoms with van der Waals surface area (Å²) in [4.78, 5) is 25.1. The van der Waals surface area contributed by atoms with E-state index < -0.39 is 23.4 Å². The third-order valence-electron chi connectivity index (χ3n) is 3.28. The van der Waals surface area contributed by atoms with Gasteiger partial charge in [0.25, 0.3) is 0 Å². The predicted molar refractivity (Wildman–Crippen MR) is 93.1 cm³/mol. The van der Waals surface area contributed by atoms with Crippen molar-refractivity contribution in [2.45, 2.75) is 0 Å². The van der Waals surface area contributed by atoms with Gasteiger partial charge in [0, 0.05) is 24.4 Å². The summed E-state index contributed by atoms with van der Waals surface area (Å²) in [5.41, 5.74) is 0.516. The van der Waals surface area contributed by atoms with Crippen molar-refractivity contribution in [2.75, 3.05) is 18.9 Å². The molecule has 2 aromatic rings. The molecule has 7 heteroatoms. The molecule has 4 nitrogen and oxygen atoms in total. The van der Waals surface area contributed by atoms with Crippen LogP contribution in [0.25, 0.3) is 6.08 Å². The Labute approximate surface area is 148 Å². The normalized spacial score (nSPS) is 10.7. The van der Waals surface area contributed by atoms with Crippen molar-refractivity contribution >= 4 is 35.2 Å². The molecule has 0 aliphatic carbocycles. The molecule has 0 radical (unpaired) electrons. The smallest absolute Gasteiger partial charge is 0.246 e. The molecule has 0 aliphatic rings. The van der Waals surface area contributed by atoms with Crippen LogP contribution in [0, 0.1) is 11.6 Å². The molecule has 0 spiro atoms. The highest BCUT2D eigenvalue weighted by Crippen LogP contribution is 2.20. The molecule has 0 heterocycles. The molecular weight excluding hydrogens is 350 g/mol. The number of carbonyl (C=O) groups excluding carboxylic acids is 2. The van der Waals surface area contributed by atoms with E-state index in [0.29, 0.717) is 5.69 Å². The Morgan fingerprint density at radius 3 is 2.48 bits per heavy atom. The fourth-order valence-corrected chi connectivity index (χ4v) is 2.20. The maximum Gasteiger partial charge on any atom is 0.246 e. The van der Waals surface area contributed by atoms with Crippen molar-refractivity contribution in [1.82, 2.24) is 4.90 Å². The van der Waals surface area contributed by atoms with E-state index in [2.05, 4.69) is 5.32 Å². The van der Waals surface area contributed by atoms with Crippen molar-refractivity contribution in [3.8, 4) is 0 Å². The number of halogens is 3. The van der Waals surface area contributed by atoms with Gasteiger partial charge in [-0.1, -0.05) is 17.7 Å². The minimum Gasteiger partial charge on any atom is -0.333 e. The molecule has 0 fully saturated rings. The van der Waals surface area contributed by atoms with Crippen LogP contribution >= 0.6 is 11.6 Å². The van der Waals surface area contributed by atoms with E-state index in [1.165, 1.54) is 55.6 Å². The lowest BCUT2D eigenvalue weighted by molar-refractivity contribution is -0.129. The molecule has 2 amide bonds. The summed E-state index contributed by atoms with van der Waals surface area (Å²) in [5, 5.41) is 2.72. The quantitative estimate of drug-likeness (QED) is 0.822. The first-order valence-electron chi connectivity index (χ1n) is 7.29. The second-order valence-corrected chi connectivity index (χ2v) is 5.63. The molecule has 0 aliphatic heterocycles. The molecule has 2 aromatic carbocycles. The summed E-state index contributed by atoms with van der Waals surface area (Å²) < 4.78 is 26.4. The van der Waals surface area contributed by atoms with Gasteiger partial charge in [-0.3, -0.25) is 9.59 Å². The van der Waals surface area contributed by atoms with Gasteiger partial charge >= 0.3 is 0 Å². The van der Waals surface area contributed by atoms with Crippen LogP contribution in [0.1, 0.15) is 5.56 Å². The topological polar surface area (TPSA) is 49.4 Å². The van der Waals surface area contributed by atoms with E-state index in [1.807, 2.05) is 0 Å². The lowest BCUT2D eigenvalue weighted by Crippen LogP contribution is -2.33. The van der Waals surface area contributed by atoms with E-state index in [1.54, 1.807) is 0 Å². The highest BCUT2D eigenvalue weighted by molar-refractivity contribution is 6.32. The number of amides is 2. The van der Waals surface area contributed by atoms with Gasteiger partial charge in [-0.05, 0) is 42.5 Å². The summed E-state index contributed by atoms with van der Waals surface area (Å²) in [7, 11) is 1.43. The zero-order valence-corrected chi connectivity index (χ0v) is 14.1. The van der Waals surface area contributed by atoms with Crippen LogP contribution in [0.2, 0.25) is 5.02 Å². The maximum atomic E-state index is 13.6. The van der Waals surface area contributed by atoms with Gasteiger partial charge in [-0.15, -0.1) is 0 Å². The lowest BCUT2D eigenvalue weighted by atomic mass is 10.2. The molecule has 0 aromatic heterocycles. The van der Waals surface area contributed by atoms with Gasteiger partial charge in [-0.2, -0.15) is 0 Å². The number of nitrogens with one attached hydrogen (secondary N) is 1. The van der Waals surface area contributed by atoms with Gasteiger partial charge < -0.3 is 10.2 Å². The Morgan fingerprint density at radius 2 is 1.84 bits per heavy atom. The van der Waals surface area contributed by atoms with Gasteiger partial charge in [-0.25, -0.2) is 8.78 Å². The Hall–Kier alpha value is -2.73. The Morgan fingerprint density at radius 1 is 1.16 bits per heavy atom. The van der Waals surface area contributed by atoms with E-state index in [0.717, 1.165) is 11.0 Å². The molecule has 0 unspecified atom stereocenters. The summed E-state index contributed by atoms with van der Waals surface area (Å²) >= 11 is 5.87. The lowest BCUT2D eigenvalue weighted by Gasteiger charge is -2.15. The van der Waals surface area contributed by atoms with E-state index in [9.17, 15) is 18.4 Å². The average Bonchev–Trinajstić information content (AvgIpc) is 2.56. The zero-order valence-electron chi connectivity index (χ0n) is 13.3. The van der Waals surface area contributed by atoms with E-state index in [-0.39, 0.29) is 17.1 Å². The molecular formula is C18H15ClF2N2O2. The standard InChI is InChI=1S/C18H15ClF2N2O2/c1-23(11-17(24)22-13-7-5-12(20)6-8-13)18(25)10-9-14-15(19)3-2-4-16(14)21/h2-10H,11H2,1H3,(H,22,24)/b10-9+. The number of nitrogens with zero attached hydrogens (tertiary/aromatic N) is 1. The number of benzene rings is 2. The van der Waals surface area contributed by atoms with Gasteiger partial charge in [0.15, 0.2) is 0 Å². The highest BCUT2D eigenvalue weighted by atomic mass is 35.5. The van der Waals surface area contributed by atoms with Crippen molar-refractivity contribution in [1.29, 1.82) is 0 Å². The van der Waals surface area contributed by atoms with Crippen LogP contribution in [0.15, 0.2) is 48.5 Å². The van der Waals surface area contributed by atoms with Crippen LogP contribution in [-0.2, 0) is 9.59 Å². The largest absolute Gasteiger partial charge is 0.333 e. The Bertz CT molecular complexity index is 787. The molecule has 1 N–H and O–H groups in total. The molecule has 25 heavy (non-hydrogen) atoms. The van der Waals surface area contributed by atoms with Crippen molar-refractivity contribution < 1.29 is 18.4 Å². The van der Waals surface area contributed by atoms with Crippen LogP contribution in [0.5, 0.6) is 0 Å². The second-order valence-electron chi connectivity index (χ2n) is 5.22. The fourth-order valence-electron chi connectivity index (χ4n) is 1.98. The summed E-state index contributed by atoms with van der Waals surface area (Å²) in [6.07, 6.45) is 2.39. The van der Waals surface area contributed by atoms with E-state index >= 15 is 0 Å². The molecule has 0 saturated heterocycles. The van der Waals surface area contributed by atoms with Crippen LogP contribution in [0.4, 0.5) is 14.5 Å². The number of anilines is 1. The molecule has 0 atom stereocenters. The van der Waals surface area contributed by atoms with Gasteiger partial charge in [0.1, 0.15) is 11.6 Å². The first-order valence-corrected chi connectivity index (χ1v) is 7.67. The average molecular weight is 365 g/mol. The first-order chi connectivity index (χ1) is 11.9. The Balaban J connectivity index is 1.94. The monoisotopic (exact) mass is 364 g/mol.